The molecule has 2 aromatic heterocycles. The zero-order valence-corrected chi connectivity index (χ0v) is 17.5. The van der Waals surface area contributed by atoms with Crippen LogP contribution >= 0.6 is 22.7 Å². The predicted molar refractivity (Wildman–Crippen MR) is 112 cm³/mol. The molecule has 0 unspecified atom stereocenters. The maximum atomic E-state index is 11.7. The number of unbranched alkanes of at least 4 members (excludes halogenated alkanes) is 4. The quantitative estimate of drug-likeness (QED) is 0.338. The van der Waals surface area contributed by atoms with Crippen LogP contribution in [0.2, 0.25) is 0 Å². The lowest BCUT2D eigenvalue weighted by atomic mass is 10.1. The fourth-order valence-corrected chi connectivity index (χ4v) is 3.66. The molecule has 4 amide bonds. The summed E-state index contributed by atoms with van der Waals surface area (Å²) in [6, 6.07) is 6.91. The van der Waals surface area contributed by atoms with Gasteiger partial charge in [-0.2, -0.15) is 0 Å². The Balaban J connectivity index is 1.42. The van der Waals surface area contributed by atoms with E-state index in [0.29, 0.717) is 35.4 Å². The molecule has 0 bridgehead atoms. The molecule has 2 aromatic rings. The minimum atomic E-state index is -0.321. The van der Waals surface area contributed by atoms with Crippen molar-refractivity contribution in [3.63, 3.8) is 0 Å². The second-order valence-electron chi connectivity index (χ2n) is 6.23. The molecule has 0 aliphatic rings. The van der Waals surface area contributed by atoms with Gasteiger partial charge in [0.25, 0.3) is 11.8 Å². The number of hydrogen-bond acceptors (Lipinski definition) is 6. The first-order valence-electron chi connectivity index (χ1n) is 9.31. The highest BCUT2D eigenvalue weighted by molar-refractivity contribution is 7.12. The molecular weight excluding hydrogens is 412 g/mol. The Kier molecular flexibility index (Phi) is 9.87. The highest BCUT2D eigenvalue weighted by atomic mass is 32.1. The Morgan fingerprint density at radius 1 is 0.621 bits per heavy atom. The van der Waals surface area contributed by atoms with Crippen LogP contribution in [0.4, 0.5) is 0 Å². The Morgan fingerprint density at radius 2 is 1.03 bits per heavy atom. The third-order valence-electron chi connectivity index (χ3n) is 3.93. The van der Waals surface area contributed by atoms with E-state index in [0.717, 1.165) is 19.3 Å². The van der Waals surface area contributed by atoms with Crippen LogP contribution in [0.25, 0.3) is 0 Å². The Bertz CT molecular complexity index is 725. The number of hydrogen-bond donors (Lipinski definition) is 4. The van der Waals surface area contributed by atoms with Crippen molar-refractivity contribution < 1.29 is 19.2 Å². The van der Waals surface area contributed by atoms with Crippen LogP contribution in [0.5, 0.6) is 0 Å². The van der Waals surface area contributed by atoms with Crippen molar-refractivity contribution in [1.82, 2.24) is 21.7 Å². The number of hydrazine groups is 2. The van der Waals surface area contributed by atoms with E-state index in [1.807, 2.05) is 0 Å². The van der Waals surface area contributed by atoms with Crippen LogP contribution in [0.15, 0.2) is 35.0 Å². The van der Waals surface area contributed by atoms with Gasteiger partial charge in [0.1, 0.15) is 0 Å². The van der Waals surface area contributed by atoms with Crippen molar-refractivity contribution >= 4 is 46.3 Å². The topological polar surface area (TPSA) is 116 Å². The summed E-state index contributed by atoms with van der Waals surface area (Å²) in [5.74, 6) is -1.09. The summed E-state index contributed by atoms with van der Waals surface area (Å²) in [6.07, 6.45) is 4.73. The van der Waals surface area contributed by atoms with E-state index in [1.165, 1.54) is 22.7 Å². The lowest BCUT2D eigenvalue weighted by Gasteiger charge is -2.07. The molecule has 156 valence electrons. The maximum absolute atomic E-state index is 11.7. The zero-order valence-electron chi connectivity index (χ0n) is 15.9. The third kappa shape index (κ3) is 8.88. The molecule has 10 heteroatoms. The number of amides is 4. The minimum Gasteiger partial charge on any atom is -0.273 e. The number of rotatable bonds is 10. The number of nitrogens with one attached hydrogen (secondary N) is 4. The standard InChI is InChI=1S/C19H24N4O4S2/c24-16(20-22-18(26)14-8-6-12-28-14)10-4-2-1-3-5-11-17(25)21-23-19(27)15-9-7-13-29-15/h6-9,12-13H,1-5,10-11H2,(H,20,24)(H,21,25)(H,22,26)(H,23,27). The van der Waals surface area contributed by atoms with E-state index in [4.69, 9.17) is 0 Å². The molecule has 4 N–H and O–H groups in total. The van der Waals surface area contributed by atoms with Crippen molar-refractivity contribution in [2.24, 2.45) is 0 Å². The summed E-state index contributed by atoms with van der Waals surface area (Å²) in [5, 5.41) is 3.59. The van der Waals surface area contributed by atoms with Gasteiger partial charge in [0.2, 0.25) is 11.8 Å². The molecule has 0 atom stereocenters. The average molecular weight is 437 g/mol. The van der Waals surface area contributed by atoms with Crippen LogP contribution in [-0.2, 0) is 9.59 Å². The first-order chi connectivity index (χ1) is 14.1. The van der Waals surface area contributed by atoms with Crippen molar-refractivity contribution in [1.29, 1.82) is 0 Å². The van der Waals surface area contributed by atoms with Gasteiger partial charge in [0.05, 0.1) is 9.75 Å². The van der Waals surface area contributed by atoms with Crippen LogP contribution in [0, 0.1) is 0 Å². The van der Waals surface area contributed by atoms with Crippen LogP contribution in [0.1, 0.15) is 64.3 Å². The molecule has 0 aliphatic carbocycles. The average Bonchev–Trinajstić information content (AvgIpc) is 3.43. The maximum Gasteiger partial charge on any atom is 0.279 e. The third-order valence-corrected chi connectivity index (χ3v) is 5.67. The van der Waals surface area contributed by atoms with Crippen molar-refractivity contribution in [2.45, 2.75) is 44.9 Å². The van der Waals surface area contributed by atoms with E-state index in [1.54, 1.807) is 35.0 Å². The van der Waals surface area contributed by atoms with Crippen molar-refractivity contribution in [3.8, 4) is 0 Å². The monoisotopic (exact) mass is 436 g/mol. The largest absolute Gasteiger partial charge is 0.279 e. The molecule has 0 spiro atoms. The van der Waals surface area contributed by atoms with Gasteiger partial charge in [-0.1, -0.05) is 31.4 Å². The molecule has 2 rings (SSSR count). The summed E-state index contributed by atoms with van der Waals surface area (Å²) in [7, 11) is 0. The van der Waals surface area contributed by atoms with Gasteiger partial charge >= 0.3 is 0 Å². The fraction of sp³-hybridized carbons (Fsp3) is 0.368. The van der Waals surface area contributed by atoms with Gasteiger partial charge in [0.15, 0.2) is 0 Å². The Labute approximate surface area is 177 Å². The van der Waals surface area contributed by atoms with E-state index >= 15 is 0 Å². The molecule has 0 aromatic carbocycles. The summed E-state index contributed by atoms with van der Waals surface area (Å²) >= 11 is 2.61. The molecule has 29 heavy (non-hydrogen) atoms. The zero-order chi connectivity index (χ0) is 20.9. The van der Waals surface area contributed by atoms with Crippen molar-refractivity contribution in [2.75, 3.05) is 0 Å². The smallest absolute Gasteiger partial charge is 0.273 e. The van der Waals surface area contributed by atoms with Gasteiger partial charge < -0.3 is 0 Å². The molecule has 0 radical (unpaired) electrons. The second kappa shape index (κ2) is 12.7. The molecular formula is C19H24N4O4S2. The Hall–Kier alpha value is -2.72. The molecule has 0 fully saturated rings. The predicted octanol–water partition coefficient (Wildman–Crippen LogP) is 2.76. The lowest BCUT2D eigenvalue weighted by Crippen LogP contribution is -2.41. The SMILES string of the molecule is O=C(CCCCCCCC(=O)NNC(=O)c1cccs1)NNC(=O)c1cccs1. The minimum absolute atomic E-state index is 0.226. The van der Waals surface area contributed by atoms with E-state index in [9.17, 15) is 19.2 Å². The molecule has 8 nitrogen and oxygen atoms in total. The lowest BCUT2D eigenvalue weighted by molar-refractivity contribution is -0.122. The van der Waals surface area contributed by atoms with Crippen LogP contribution < -0.4 is 21.7 Å². The van der Waals surface area contributed by atoms with E-state index < -0.39 is 0 Å². The fourth-order valence-electron chi connectivity index (χ4n) is 2.42. The highest BCUT2D eigenvalue weighted by Crippen LogP contribution is 2.09. The van der Waals surface area contributed by atoms with Gasteiger partial charge in [-0.25, -0.2) is 0 Å². The Morgan fingerprint density at radius 3 is 1.41 bits per heavy atom. The number of thiophene rings is 2. The van der Waals surface area contributed by atoms with Gasteiger partial charge in [-0.15, -0.1) is 22.7 Å². The first-order valence-corrected chi connectivity index (χ1v) is 11.1. The molecule has 0 saturated carbocycles. The summed E-state index contributed by atoms with van der Waals surface area (Å²) in [5.41, 5.74) is 9.58. The number of carbonyl (C=O) groups excluding carboxylic acids is 4. The molecule has 2 heterocycles. The second-order valence-corrected chi connectivity index (χ2v) is 8.12. The van der Waals surface area contributed by atoms with Gasteiger partial charge in [-0.05, 0) is 35.7 Å². The van der Waals surface area contributed by atoms with Gasteiger partial charge in [-0.3, -0.25) is 40.9 Å². The summed E-state index contributed by atoms with van der Waals surface area (Å²) < 4.78 is 0. The van der Waals surface area contributed by atoms with E-state index in [2.05, 4.69) is 21.7 Å². The van der Waals surface area contributed by atoms with Gasteiger partial charge in [0, 0.05) is 12.8 Å². The van der Waals surface area contributed by atoms with E-state index in [-0.39, 0.29) is 23.6 Å². The molecule has 0 aliphatic heterocycles. The highest BCUT2D eigenvalue weighted by Gasteiger charge is 2.09. The van der Waals surface area contributed by atoms with Crippen molar-refractivity contribution in [3.05, 3.63) is 44.8 Å². The number of carbonyl (C=O) groups is 4. The first kappa shape index (κ1) is 22.6. The van der Waals surface area contributed by atoms with Crippen LogP contribution in [-0.4, -0.2) is 23.6 Å². The summed E-state index contributed by atoms with van der Waals surface area (Å²) in [6.45, 7) is 0. The summed E-state index contributed by atoms with van der Waals surface area (Å²) in [4.78, 5) is 47.9. The molecule has 0 saturated heterocycles. The van der Waals surface area contributed by atoms with Crippen LogP contribution in [0.3, 0.4) is 0 Å². The normalized spacial score (nSPS) is 10.2.